The molecule has 1 atom stereocenters. The molecule has 1 aromatic carbocycles. The molecule has 2 aromatic heterocycles. The zero-order valence-corrected chi connectivity index (χ0v) is 15.9. The number of benzene rings is 1. The van der Waals surface area contributed by atoms with Crippen LogP contribution in [0, 0.1) is 0 Å². The van der Waals surface area contributed by atoms with E-state index in [-0.39, 0.29) is 18.0 Å². The Morgan fingerprint density at radius 2 is 2.14 bits per heavy atom. The molecule has 28 heavy (non-hydrogen) atoms. The highest BCUT2D eigenvalue weighted by molar-refractivity contribution is 5.75. The normalized spacial score (nSPS) is 16.7. The van der Waals surface area contributed by atoms with E-state index < -0.39 is 0 Å². The van der Waals surface area contributed by atoms with E-state index in [9.17, 15) is 4.79 Å². The maximum atomic E-state index is 12.7. The molecule has 1 fully saturated rings. The Morgan fingerprint density at radius 1 is 1.32 bits per heavy atom. The highest BCUT2D eigenvalue weighted by Crippen LogP contribution is 2.31. The Balaban J connectivity index is 1.37. The first kappa shape index (κ1) is 18.1. The molecule has 0 unspecified atom stereocenters. The van der Waals surface area contributed by atoms with Crippen molar-refractivity contribution >= 4 is 6.03 Å². The van der Waals surface area contributed by atoms with E-state index in [0.29, 0.717) is 24.8 Å². The number of urea groups is 1. The van der Waals surface area contributed by atoms with E-state index in [1.54, 1.807) is 15.9 Å². The van der Waals surface area contributed by atoms with Crippen LogP contribution >= 0.6 is 0 Å². The van der Waals surface area contributed by atoms with Crippen molar-refractivity contribution in [2.75, 3.05) is 6.54 Å². The van der Waals surface area contributed by atoms with E-state index in [0.717, 1.165) is 24.1 Å². The molecule has 9 nitrogen and oxygen atoms in total. The fourth-order valence-electron chi connectivity index (χ4n) is 3.27. The van der Waals surface area contributed by atoms with Crippen molar-refractivity contribution in [3.63, 3.8) is 0 Å². The second kappa shape index (κ2) is 7.79. The molecule has 9 heteroatoms. The van der Waals surface area contributed by atoms with E-state index in [4.69, 9.17) is 4.52 Å². The molecule has 3 aromatic rings. The van der Waals surface area contributed by atoms with E-state index in [1.807, 2.05) is 38.1 Å². The van der Waals surface area contributed by atoms with Crippen LogP contribution in [0.25, 0.3) is 5.69 Å². The predicted octanol–water partition coefficient (Wildman–Crippen LogP) is 2.82. The molecule has 0 radical (unpaired) electrons. The van der Waals surface area contributed by atoms with E-state index in [2.05, 4.69) is 25.5 Å². The fourth-order valence-corrected chi connectivity index (χ4v) is 3.27. The Labute approximate surface area is 162 Å². The van der Waals surface area contributed by atoms with Crippen LogP contribution in [0.15, 0.2) is 41.4 Å². The first-order valence-corrected chi connectivity index (χ1v) is 9.43. The predicted molar refractivity (Wildman–Crippen MR) is 101 cm³/mol. The minimum Gasteiger partial charge on any atom is -0.337 e. The Kier molecular flexibility index (Phi) is 5.05. The smallest absolute Gasteiger partial charge is 0.318 e. The maximum Gasteiger partial charge on any atom is 0.318 e. The summed E-state index contributed by atoms with van der Waals surface area (Å²) in [7, 11) is 0. The third kappa shape index (κ3) is 3.73. The van der Waals surface area contributed by atoms with Gasteiger partial charge in [-0.1, -0.05) is 31.1 Å². The summed E-state index contributed by atoms with van der Waals surface area (Å²) in [5.41, 5.74) is 1.93. The van der Waals surface area contributed by atoms with Gasteiger partial charge in [-0.3, -0.25) is 0 Å². The quantitative estimate of drug-likeness (QED) is 0.729. The number of carbonyl (C=O) groups is 1. The van der Waals surface area contributed by atoms with Crippen molar-refractivity contribution < 1.29 is 9.32 Å². The molecule has 0 bridgehead atoms. The lowest BCUT2D eigenvalue weighted by Gasteiger charge is -2.22. The summed E-state index contributed by atoms with van der Waals surface area (Å²) >= 11 is 0. The van der Waals surface area contributed by atoms with Crippen molar-refractivity contribution in [3.8, 4) is 5.69 Å². The molecule has 0 aliphatic carbocycles. The Hall–Kier alpha value is -3.23. The minimum atomic E-state index is -0.158. The highest BCUT2D eigenvalue weighted by atomic mass is 16.5. The summed E-state index contributed by atoms with van der Waals surface area (Å²) in [6.45, 7) is 5.16. The zero-order valence-electron chi connectivity index (χ0n) is 15.9. The SMILES string of the molecule is CC(C)c1noc([C@@H]2CCCN2C(=O)NCc2ccc(-n3cncn3)cc2)n1. The first-order valence-electron chi connectivity index (χ1n) is 9.43. The Bertz CT molecular complexity index is 918. The van der Waals surface area contributed by atoms with Crippen molar-refractivity contribution in [2.24, 2.45) is 0 Å². The molecular formula is C19H23N7O2. The number of nitrogens with one attached hydrogen (secondary N) is 1. The van der Waals surface area contributed by atoms with Crippen molar-refractivity contribution in [3.05, 3.63) is 54.2 Å². The molecule has 0 saturated carbocycles. The molecule has 4 rings (SSSR count). The fraction of sp³-hybridized carbons (Fsp3) is 0.421. The highest BCUT2D eigenvalue weighted by Gasteiger charge is 2.34. The molecule has 146 valence electrons. The lowest BCUT2D eigenvalue weighted by atomic mass is 10.2. The third-order valence-corrected chi connectivity index (χ3v) is 4.84. The summed E-state index contributed by atoms with van der Waals surface area (Å²) in [4.78, 5) is 22.9. The second-order valence-corrected chi connectivity index (χ2v) is 7.16. The number of likely N-dealkylation sites (tertiary alicyclic amines) is 1. The molecule has 1 N–H and O–H groups in total. The van der Waals surface area contributed by atoms with Gasteiger partial charge < -0.3 is 14.7 Å². The van der Waals surface area contributed by atoms with Gasteiger partial charge in [0.15, 0.2) is 5.82 Å². The maximum absolute atomic E-state index is 12.7. The standard InChI is InChI=1S/C19H23N7O2/c1-13(2)17-23-18(28-24-17)16-4-3-9-25(16)19(27)21-10-14-5-7-15(8-6-14)26-12-20-11-22-26/h5-8,11-13,16H,3-4,9-10H2,1-2H3,(H,21,27)/t16-/m0/s1. The summed E-state index contributed by atoms with van der Waals surface area (Å²) in [6.07, 6.45) is 4.89. The molecule has 1 aliphatic rings. The van der Waals surface area contributed by atoms with Crippen LogP contribution in [0.4, 0.5) is 4.79 Å². The number of nitrogens with zero attached hydrogens (tertiary/aromatic N) is 6. The minimum absolute atomic E-state index is 0.118. The molecule has 3 heterocycles. The van der Waals surface area contributed by atoms with Crippen LogP contribution in [-0.4, -0.2) is 42.4 Å². The van der Waals surface area contributed by atoms with E-state index >= 15 is 0 Å². The number of rotatable bonds is 5. The first-order chi connectivity index (χ1) is 13.6. The van der Waals surface area contributed by atoms with Crippen molar-refractivity contribution in [2.45, 2.75) is 45.2 Å². The summed E-state index contributed by atoms with van der Waals surface area (Å²) in [5, 5.41) is 11.1. The van der Waals surface area contributed by atoms with Gasteiger partial charge in [-0.25, -0.2) is 14.5 Å². The van der Waals surface area contributed by atoms with E-state index in [1.165, 1.54) is 6.33 Å². The summed E-state index contributed by atoms with van der Waals surface area (Å²) in [6, 6.07) is 7.54. The van der Waals surface area contributed by atoms with Crippen molar-refractivity contribution in [1.82, 2.24) is 35.1 Å². The number of hydrogen-bond donors (Lipinski definition) is 1. The Morgan fingerprint density at radius 3 is 2.82 bits per heavy atom. The topological polar surface area (TPSA) is 102 Å². The second-order valence-electron chi connectivity index (χ2n) is 7.16. The molecule has 0 spiro atoms. The molecule has 2 amide bonds. The van der Waals surface area contributed by atoms with Gasteiger partial charge in [-0.15, -0.1) is 0 Å². The molecule has 1 saturated heterocycles. The van der Waals surface area contributed by atoms with Crippen LogP contribution in [-0.2, 0) is 6.54 Å². The third-order valence-electron chi connectivity index (χ3n) is 4.84. The summed E-state index contributed by atoms with van der Waals surface area (Å²) < 4.78 is 7.09. The molecular weight excluding hydrogens is 358 g/mol. The summed E-state index contributed by atoms with van der Waals surface area (Å²) in [5.74, 6) is 1.39. The average Bonchev–Trinajstić information content (AvgIpc) is 3.47. The van der Waals surface area contributed by atoms with Gasteiger partial charge in [0.25, 0.3) is 0 Å². The zero-order chi connectivity index (χ0) is 19.5. The lowest BCUT2D eigenvalue weighted by molar-refractivity contribution is 0.180. The monoisotopic (exact) mass is 381 g/mol. The van der Waals surface area contributed by atoms with Crippen molar-refractivity contribution in [1.29, 1.82) is 0 Å². The van der Waals surface area contributed by atoms with Crippen LogP contribution in [0.5, 0.6) is 0 Å². The largest absolute Gasteiger partial charge is 0.337 e. The number of carbonyl (C=O) groups excluding carboxylic acids is 1. The van der Waals surface area contributed by atoms with Gasteiger partial charge in [0, 0.05) is 19.0 Å². The lowest BCUT2D eigenvalue weighted by Crippen LogP contribution is -2.39. The van der Waals surface area contributed by atoms with Gasteiger partial charge in [-0.05, 0) is 30.5 Å². The van der Waals surface area contributed by atoms with Crippen LogP contribution in [0.3, 0.4) is 0 Å². The number of aromatic nitrogens is 5. The van der Waals surface area contributed by atoms with Crippen LogP contribution < -0.4 is 5.32 Å². The molecule has 1 aliphatic heterocycles. The van der Waals surface area contributed by atoms with Gasteiger partial charge in [0.2, 0.25) is 5.89 Å². The van der Waals surface area contributed by atoms with Gasteiger partial charge in [0.1, 0.15) is 18.7 Å². The number of amides is 2. The van der Waals surface area contributed by atoms with Gasteiger partial charge in [0.05, 0.1) is 5.69 Å². The van der Waals surface area contributed by atoms with Crippen LogP contribution in [0.1, 0.15) is 55.9 Å². The van der Waals surface area contributed by atoms with Crippen LogP contribution in [0.2, 0.25) is 0 Å². The number of hydrogen-bond acceptors (Lipinski definition) is 6. The van der Waals surface area contributed by atoms with Gasteiger partial charge in [-0.2, -0.15) is 10.1 Å². The van der Waals surface area contributed by atoms with Gasteiger partial charge >= 0.3 is 6.03 Å². The average molecular weight is 381 g/mol.